The third-order valence-corrected chi connectivity index (χ3v) is 3.51. The van der Waals surface area contributed by atoms with Crippen LogP contribution in [0.15, 0.2) is 15.8 Å². The fourth-order valence-electron chi connectivity index (χ4n) is 2.32. The number of methoxy groups -OCH3 is 1. The van der Waals surface area contributed by atoms with Crippen molar-refractivity contribution in [3.05, 3.63) is 32.6 Å². The number of aromatic amines is 1. The number of aliphatic hydroxyl groups is 2. The molecule has 1 aliphatic heterocycles. The molecular weight excluding hydrogens is 296 g/mol. The highest BCUT2D eigenvalue weighted by Crippen LogP contribution is 2.30. The molecule has 1 aromatic rings. The fourth-order valence-corrected chi connectivity index (χ4v) is 2.32. The minimum atomic E-state index is -1.11. The van der Waals surface area contributed by atoms with Gasteiger partial charge in [0, 0.05) is 18.9 Å². The van der Waals surface area contributed by atoms with E-state index < -0.39 is 42.4 Å². The van der Waals surface area contributed by atoms with Gasteiger partial charge in [0.2, 0.25) is 0 Å². The average molecular weight is 316 g/mol. The van der Waals surface area contributed by atoms with E-state index in [4.69, 9.17) is 14.2 Å². The zero-order valence-electron chi connectivity index (χ0n) is 12.4. The van der Waals surface area contributed by atoms with Gasteiger partial charge in [-0.3, -0.25) is 14.3 Å². The predicted molar refractivity (Wildman–Crippen MR) is 74.7 cm³/mol. The van der Waals surface area contributed by atoms with E-state index in [0.717, 1.165) is 4.57 Å². The van der Waals surface area contributed by atoms with Crippen LogP contribution in [0.2, 0.25) is 0 Å². The maximum atomic E-state index is 12.0. The van der Waals surface area contributed by atoms with Crippen LogP contribution in [0.1, 0.15) is 11.8 Å². The number of H-pyrrole nitrogens is 1. The van der Waals surface area contributed by atoms with Crippen LogP contribution in [0.3, 0.4) is 0 Å². The average Bonchev–Trinajstić information content (AvgIpc) is 2.80. The normalized spacial score (nSPS) is 28.2. The van der Waals surface area contributed by atoms with Gasteiger partial charge in [-0.05, 0) is 6.92 Å². The molecule has 9 heteroatoms. The van der Waals surface area contributed by atoms with Crippen LogP contribution in [0.4, 0.5) is 0 Å². The van der Waals surface area contributed by atoms with E-state index in [9.17, 15) is 19.8 Å². The number of aryl methyl sites for hydroxylation is 1. The first-order chi connectivity index (χ1) is 10.5. The lowest BCUT2D eigenvalue weighted by Crippen LogP contribution is -2.40. The molecule has 0 radical (unpaired) electrons. The molecule has 0 spiro atoms. The number of aliphatic hydroxyl groups excluding tert-OH is 2. The highest BCUT2D eigenvalue weighted by molar-refractivity contribution is 5.03. The van der Waals surface area contributed by atoms with Gasteiger partial charge in [-0.1, -0.05) is 0 Å². The molecule has 1 aromatic heterocycles. The summed E-state index contributed by atoms with van der Waals surface area (Å²) in [4.78, 5) is 25.6. The number of aromatic nitrogens is 2. The van der Waals surface area contributed by atoms with E-state index in [0.29, 0.717) is 12.2 Å². The second kappa shape index (κ2) is 7.16. The molecule has 2 heterocycles. The minimum Gasteiger partial charge on any atom is -0.394 e. The third-order valence-electron chi connectivity index (χ3n) is 3.51. The Balaban J connectivity index is 2.31. The van der Waals surface area contributed by atoms with E-state index in [2.05, 4.69) is 4.98 Å². The molecule has 0 bridgehead atoms. The van der Waals surface area contributed by atoms with Gasteiger partial charge in [-0.2, -0.15) is 0 Å². The predicted octanol–water partition coefficient (Wildman–Crippen LogP) is -1.87. The Morgan fingerprint density at radius 2 is 2.14 bits per heavy atom. The maximum Gasteiger partial charge on any atom is 0.330 e. The summed E-state index contributed by atoms with van der Waals surface area (Å²) >= 11 is 0. The van der Waals surface area contributed by atoms with Gasteiger partial charge >= 0.3 is 5.69 Å². The van der Waals surface area contributed by atoms with Gasteiger partial charge in [0.25, 0.3) is 5.56 Å². The van der Waals surface area contributed by atoms with Crippen molar-refractivity contribution in [1.82, 2.24) is 9.55 Å². The summed E-state index contributed by atoms with van der Waals surface area (Å²) in [5.41, 5.74) is -0.845. The molecule has 1 aliphatic rings. The monoisotopic (exact) mass is 316 g/mol. The summed E-state index contributed by atoms with van der Waals surface area (Å²) < 4.78 is 17.0. The first kappa shape index (κ1) is 16.8. The van der Waals surface area contributed by atoms with Crippen molar-refractivity contribution in [2.75, 3.05) is 26.9 Å². The van der Waals surface area contributed by atoms with Crippen LogP contribution < -0.4 is 11.2 Å². The number of hydrogen-bond donors (Lipinski definition) is 3. The molecular formula is C13H20N2O7. The van der Waals surface area contributed by atoms with Crippen molar-refractivity contribution < 1.29 is 24.4 Å². The number of ether oxygens (including phenoxy) is 3. The molecule has 0 aromatic carbocycles. The molecule has 9 nitrogen and oxygen atoms in total. The van der Waals surface area contributed by atoms with E-state index >= 15 is 0 Å². The fraction of sp³-hybridized carbons (Fsp3) is 0.692. The van der Waals surface area contributed by atoms with Gasteiger partial charge in [0.05, 0.1) is 19.8 Å². The molecule has 3 N–H and O–H groups in total. The van der Waals surface area contributed by atoms with E-state index in [-0.39, 0.29) is 6.61 Å². The van der Waals surface area contributed by atoms with Crippen LogP contribution in [0.25, 0.3) is 0 Å². The van der Waals surface area contributed by atoms with Crippen molar-refractivity contribution in [2.24, 2.45) is 0 Å². The standard InChI is InChI=1S/C13H20N2O7/c1-7-5-15(13(19)14-11(7)18)12-10(21-4-3-20-2)9(17)8(6-16)22-12/h5,8-10,12,16-17H,3-4,6H2,1-2H3,(H,14,18,19)/t8-,9+,10+,12+/m1/s1. The van der Waals surface area contributed by atoms with Gasteiger partial charge in [-0.25, -0.2) is 4.79 Å². The van der Waals surface area contributed by atoms with Crippen molar-refractivity contribution in [3.63, 3.8) is 0 Å². The quantitative estimate of drug-likeness (QED) is 0.525. The molecule has 124 valence electrons. The molecule has 1 saturated heterocycles. The first-order valence-corrected chi connectivity index (χ1v) is 6.86. The molecule has 2 rings (SSSR count). The van der Waals surface area contributed by atoms with Crippen LogP contribution in [0, 0.1) is 6.92 Å². The second-order valence-electron chi connectivity index (χ2n) is 5.05. The maximum absolute atomic E-state index is 12.0. The molecule has 0 unspecified atom stereocenters. The number of rotatable bonds is 6. The summed E-state index contributed by atoms with van der Waals surface area (Å²) in [7, 11) is 1.51. The summed E-state index contributed by atoms with van der Waals surface area (Å²) in [6, 6.07) is 0. The molecule has 4 atom stereocenters. The largest absolute Gasteiger partial charge is 0.394 e. The topological polar surface area (TPSA) is 123 Å². The Labute approximate surface area is 126 Å². The Kier molecular flexibility index (Phi) is 5.48. The summed E-state index contributed by atoms with van der Waals surface area (Å²) in [6.45, 7) is 1.62. The summed E-state index contributed by atoms with van der Waals surface area (Å²) in [5.74, 6) is 0. The molecule has 1 fully saturated rings. The van der Waals surface area contributed by atoms with Gasteiger partial charge in [0.1, 0.15) is 18.3 Å². The van der Waals surface area contributed by atoms with Crippen LogP contribution >= 0.6 is 0 Å². The van der Waals surface area contributed by atoms with Crippen LogP contribution in [0.5, 0.6) is 0 Å². The van der Waals surface area contributed by atoms with Crippen LogP contribution in [-0.4, -0.2) is 65.0 Å². The lowest BCUT2D eigenvalue weighted by molar-refractivity contribution is -0.0820. The number of hydrogen-bond acceptors (Lipinski definition) is 7. The summed E-state index contributed by atoms with van der Waals surface area (Å²) in [6.07, 6.45) is -2.46. The first-order valence-electron chi connectivity index (χ1n) is 6.86. The van der Waals surface area contributed by atoms with Crippen molar-refractivity contribution in [2.45, 2.75) is 31.5 Å². The van der Waals surface area contributed by atoms with Gasteiger partial charge < -0.3 is 24.4 Å². The molecule has 0 aliphatic carbocycles. The summed E-state index contributed by atoms with van der Waals surface area (Å²) in [5, 5.41) is 19.4. The smallest absolute Gasteiger partial charge is 0.330 e. The van der Waals surface area contributed by atoms with Crippen LogP contribution in [-0.2, 0) is 14.2 Å². The second-order valence-corrected chi connectivity index (χ2v) is 5.05. The van der Waals surface area contributed by atoms with Crippen molar-refractivity contribution in [3.8, 4) is 0 Å². The molecule has 0 amide bonds. The van der Waals surface area contributed by atoms with Crippen molar-refractivity contribution in [1.29, 1.82) is 0 Å². The van der Waals surface area contributed by atoms with E-state index in [1.54, 1.807) is 6.92 Å². The molecule has 22 heavy (non-hydrogen) atoms. The minimum absolute atomic E-state index is 0.188. The number of nitrogens with zero attached hydrogens (tertiary/aromatic N) is 1. The Bertz CT molecular complexity index is 611. The zero-order chi connectivity index (χ0) is 16.3. The lowest BCUT2D eigenvalue weighted by atomic mass is 10.1. The zero-order valence-corrected chi connectivity index (χ0v) is 12.4. The SMILES string of the molecule is COCCO[C@H]1[C@@H](O)[C@@H](CO)O[C@@H]1n1cc(C)c(=O)[nH]c1=O. The molecule has 0 saturated carbocycles. The highest BCUT2D eigenvalue weighted by atomic mass is 16.6. The van der Waals surface area contributed by atoms with Crippen molar-refractivity contribution >= 4 is 0 Å². The highest BCUT2D eigenvalue weighted by Gasteiger charge is 2.45. The van der Waals surface area contributed by atoms with Gasteiger partial charge in [-0.15, -0.1) is 0 Å². The Hall–Kier alpha value is -1.52. The Morgan fingerprint density at radius 3 is 2.77 bits per heavy atom. The lowest BCUT2D eigenvalue weighted by Gasteiger charge is -2.22. The van der Waals surface area contributed by atoms with E-state index in [1.165, 1.54) is 13.3 Å². The number of nitrogens with one attached hydrogen (secondary N) is 1. The third kappa shape index (κ3) is 3.28. The Morgan fingerprint density at radius 1 is 1.41 bits per heavy atom. The van der Waals surface area contributed by atoms with E-state index in [1.807, 2.05) is 0 Å². The van der Waals surface area contributed by atoms with Gasteiger partial charge in [0.15, 0.2) is 6.23 Å².